The van der Waals surface area contributed by atoms with E-state index in [2.05, 4.69) is 5.32 Å². The highest BCUT2D eigenvalue weighted by Gasteiger charge is 2.26. The molecule has 0 aliphatic rings. The van der Waals surface area contributed by atoms with E-state index in [4.69, 9.17) is 4.74 Å². The molecule has 0 aromatic heterocycles. The molecule has 0 fully saturated rings. The van der Waals surface area contributed by atoms with Crippen molar-refractivity contribution in [3.8, 4) is 11.1 Å². The lowest BCUT2D eigenvalue weighted by Gasteiger charge is -2.24. The van der Waals surface area contributed by atoms with E-state index in [1.54, 1.807) is 39.8 Å². The zero-order valence-corrected chi connectivity index (χ0v) is 17.1. The van der Waals surface area contributed by atoms with Crippen LogP contribution in [0.25, 0.3) is 11.1 Å². The standard InChI is InChI=1S/C22H25F2NO4/c1-12-7-6-8-16(23)19(12)14-9-13(2)20(24)15(10-14)17(11-18(26)27)25-21(28)29-22(3,4)5/h6-10,17H,11H2,1-5H3,(H,25,28)(H,26,27)/t17-/m0/s1. The van der Waals surface area contributed by atoms with Crippen molar-refractivity contribution in [3.63, 3.8) is 0 Å². The van der Waals surface area contributed by atoms with E-state index in [9.17, 15) is 23.5 Å². The van der Waals surface area contributed by atoms with E-state index in [1.807, 2.05) is 0 Å². The molecule has 7 heteroatoms. The molecule has 5 nitrogen and oxygen atoms in total. The van der Waals surface area contributed by atoms with Gasteiger partial charge in [-0.05, 0) is 69.5 Å². The van der Waals surface area contributed by atoms with Gasteiger partial charge >= 0.3 is 12.1 Å². The van der Waals surface area contributed by atoms with E-state index in [0.29, 0.717) is 16.7 Å². The summed E-state index contributed by atoms with van der Waals surface area (Å²) in [5.74, 6) is -2.36. The minimum absolute atomic E-state index is 0.0455. The predicted molar refractivity (Wildman–Crippen MR) is 106 cm³/mol. The van der Waals surface area contributed by atoms with E-state index >= 15 is 0 Å². The van der Waals surface area contributed by atoms with Crippen LogP contribution in [0.2, 0.25) is 0 Å². The summed E-state index contributed by atoms with van der Waals surface area (Å²) < 4.78 is 34.5. The average Bonchev–Trinajstić information content (AvgIpc) is 2.54. The SMILES string of the molecule is Cc1cc(-c2c(C)cccc2F)cc([C@H](CC(=O)O)NC(=O)OC(C)(C)C)c1F. The van der Waals surface area contributed by atoms with Crippen LogP contribution in [0.5, 0.6) is 0 Å². The van der Waals surface area contributed by atoms with Crippen molar-refractivity contribution in [1.29, 1.82) is 0 Å². The summed E-state index contributed by atoms with van der Waals surface area (Å²) in [6.45, 7) is 8.20. The van der Waals surface area contributed by atoms with Crippen LogP contribution >= 0.6 is 0 Å². The fraction of sp³-hybridized carbons (Fsp3) is 0.364. The maximum Gasteiger partial charge on any atom is 0.408 e. The number of alkyl carbamates (subject to hydrolysis) is 1. The van der Waals surface area contributed by atoms with Gasteiger partial charge in [-0.25, -0.2) is 13.6 Å². The molecule has 29 heavy (non-hydrogen) atoms. The normalized spacial score (nSPS) is 12.4. The molecule has 2 aromatic rings. The minimum atomic E-state index is -1.23. The molecule has 2 N–H and O–H groups in total. The van der Waals surface area contributed by atoms with Gasteiger partial charge in [0.2, 0.25) is 0 Å². The van der Waals surface area contributed by atoms with E-state index in [1.165, 1.54) is 25.1 Å². The first-order chi connectivity index (χ1) is 13.4. The molecule has 2 rings (SSSR count). The molecule has 0 aliphatic carbocycles. The number of aliphatic carboxylic acids is 1. The fourth-order valence-corrected chi connectivity index (χ4v) is 3.06. The summed E-state index contributed by atoms with van der Waals surface area (Å²) in [6, 6.07) is 6.28. The summed E-state index contributed by atoms with van der Waals surface area (Å²) in [5.41, 5.74) is 0.701. The lowest BCUT2D eigenvalue weighted by molar-refractivity contribution is -0.137. The predicted octanol–water partition coefficient (Wildman–Crippen LogP) is 5.29. The molecular weight excluding hydrogens is 380 g/mol. The molecule has 2 aromatic carbocycles. The zero-order chi connectivity index (χ0) is 21.9. The summed E-state index contributed by atoms with van der Waals surface area (Å²) in [5, 5.41) is 11.7. The highest BCUT2D eigenvalue weighted by Crippen LogP contribution is 2.33. The molecule has 0 unspecified atom stereocenters. The summed E-state index contributed by atoms with van der Waals surface area (Å²) in [4.78, 5) is 23.5. The number of hydrogen-bond acceptors (Lipinski definition) is 3. The Balaban J connectivity index is 2.54. The number of nitrogens with one attached hydrogen (secondary N) is 1. The Morgan fingerprint density at radius 3 is 2.34 bits per heavy atom. The van der Waals surface area contributed by atoms with Crippen molar-refractivity contribution in [2.24, 2.45) is 0 Å². The number of carbonyl (C=O) groups is 2. The lowest BCUT2D eigenvalue weighted by Crippen LogP contribution is -2.36. The van der Waals surface area contributed by atoms with Gasteiger partial charge in [-0.15, -0.1) is 0 Å². The van der Waals surface area contributed by atoms with Gasteiger partial charge in [0.05, 0.1) is 12.5 Å². The Morgan fingerprint density at radius 1 is 1.14 bits per heavy atom. The Morgan fingerprint density at radius 2 is 1.79 bits per heavy atom. The second-order valence-corrected chi connectivity index (χ2v) is 7.92. The number of carboxylic acid groups (broad SMARTS) is 1. The minimum Gasteiger partial charge on any atom is -0.481 e. The van der Waals surface area contributed by atoms with E-state index in [-0.39, 0.29) is 11.1 Å². The topological polar surface area (TPSA) is 75.6 Å². The van der Waals surface area contributed by atoms with Crippen molar-refractivity contribution in [3.05, 3.63) is 58.7 Å². The summed E-state index contributed by atoms with van der Waals surface area (Å²) in [6.07, 6.45) is -1.43. The lowest BCUT2D eigenvalue weighted by atomic mass is 9.92. The van der Waals surface area contributed by atoms with Crippen molar-refractivity contribution in [1.82, 2.24) is 5.32 Å². The van der Waals surface area contributed by atoms with E-state index < -0.39 is 41.8 Å². The third kappa shape index (κ3) is 5.76. The van der Waals surface area contributed by atoms with Crippen LogP contribution in [-0.4, -0.2) is 22.8 Å². The molecule has 156 valence electrons. The van der Waals surface area contributed by atoms with Crippen molar-refractivity contribution < 1.29 is 28.2 Å². The van der Waals surface area contributed by atoms with Crippen LogP contribution in [0.3, 0.4) is 0 Å². The molecule has 0 saturated carbocycles. The highest BCUT2D eigenvalue weighted by atomic mass is 19.1. The van der Waals surface area contributed by atoms with Crippen LogP contribution in [0.15, 0.2) is 30.3 Å². The quantitative estimate of drug-likeness (QED) is 0.709. The van der Waals surface area contributed by atoms with Crippen LogP contribution in [0, 0.1) is 25.5 Å². The third-order valence-corrected chi connectivity index (χ3v) is 4.24. The number of amides is 1. The van der Waals surface area contributed by atoms with Gasteiger partial charge in [-0.2, -0.15) is 0 Å². The second kappa shape index (κ2) is 8.59. The van der Waals surface area contributed by atoms with Crippen molar-refractivity contribution in [2.75, 3.05) is 0 Å². The zero-order valence-electron chi connectivity index (χ0n) is 17.1. The van der Waals surface area contributed by atoms with Crippen molar-refractivity contribution in [2.45, 2.75) is 52.7 Å². The smallest absolute Gasteiger partial charge is 0.408 e. The maximum atomic E-state index is 14.9. The first kappa shape index (κ1) is 22.3. The van der Waals surface area contributed by atoms with Crippen molar-refractivity contribution >= 4 is 12.1 Å². The van der Waals surface area contributed by atoms with Crippen LogP contribution in [0.1, 0.15) is 49.9 Å². The summed E-state index contributed by atoms with van der Waals surface area (Å²) >= 11 is 0. The number of halogens is 2. The number of benzene rings is 2. The van der Waals surface area contributed by atoms with Gasteiger partial charge in [0.15, 0.2) is 0 Å². The molecule has 0 heterocycles. The van der Waals surface area contributed by atoms with Gasteiger partial charge < -0.3 is 15.2 Å². The maximum absolute atomic E-state index is 14.9. The van der Waals surface area contributed by atoms with Gasteiger partial charge in [-0.3, -0.25) is 4.79 Å². The summed E-state index contributed by atoms with van der Waals surface area (Å²) in [7, 11) is 0. The van der Waals surface area contributed by atoms with Crippen LogP contribution in [-0.2, 0) is 9.53 Å². The number of carboxylic acids is 1. The Labute approximate surface area is 168 Å². The number of rotatable bonds is 5. The largest absolute Gasteiger partial charge is 0.481 e. The van der Waals surface area contributed by atoms with Gasteiger partial charge in [0.1, 0.15) is 17.2 Å². The third-order valence-electron chi connectivity index (χ3n) is 4.24. The monoisotopic (exact) mass is 405 g/mol. The molecule has 0 bridgehead atoms. The molecular formula is C22H25F2NO4. The van der Waals surface area contributed by atoms with E-state index in [0.717, 1.165) is 0 Å². The number of hydrogen-bond donors (Lipinski definition) is 2. The van der Waals surface area contributed by atoms with Gasteiger partial charge in [0, 0.05) is 11.1 Å². The Hall–Kier alpha value is -2.96. The number of carbonyl (C=O) groups excluding carboxylic acids is 1. The molecule has 0 saturated heterocycles. The molecule has 1 atom stereocenters. The number of aryl methyl sites for hydroxylation is 2. The first-order valence-corrected chi connectivity index (χ1v) is 9.16. The molecule has 0 aliphatic heterocycles. The van der Waals surface area contributed by atoms with Crippen LogP contribution in [0.4, 0.5) is 13.6 Å². The molecule has 0 radical (unpaired) electrons. The molecule has 0 spiro atoms. The first-order valence-electron chi connectivity index (χ1n) is 9.16. The molecule has 1 amide bonds. The van der Waals surface area contributed by atoms with Gasteiger partial charge in [-0.1, -0.05) is 12.1 Å². The van der Waals surface area contributed by atoms with Crippen LogP contribution < -0.4 is 5.32 Å². The Bertz CT molecular complexity index is 915. The Kier molecular flexibility index (Phi) is 6.62. The second-order valence-electron chi connectivity index (χ2n) is 7.92. The van der Waals surface area contributed by atoms with Gasteiger partial charge in [0.25, 0.3) is 0 Å². The highest BCUT2D eigenvalue weighted by molar-refractivity contribution is 5.74. The number of ether oxygens (including phenoxy) is 1. The fourth-order valence-electron chi connectivity index (χ4n) is 3.06. The average molecular weight is 405 g/mol.